The van der Waals surface area contributed by atoms with Gasteiger partial charge in [-0.1, -0.05) is 57.3 Å². The van der Waals surface area contributed by atoms with Gasteiger partial charge in [0.1, 0.15) is 0 Å². The van der Waals surface area contributed by atoms with Crippen LogP contribution in [0.4, 0.5) is 0 Å². The number of benzene rings is 2. The maximum absolute atomic E-state index is 11.9. The average molecular weight is 386 g/mol. The molecule has 6 heteroatoms. The molecule has 0 fully saturated rings. The Morgan fingerprint density at radius 3 is 2.76 bits per heavy atom. The van der Waals surface area contributed by atoms with Gasteiger partial charge in [-0.25, -0.2) is 5.43 Å². The zero-order valence-corrected chi connectivity index (χ0v) is 14.1. The van der Waals surface area contributed by atoms with Crippen molar-refractivity contribution in [1.29, 1.82) is 0 Å². The van der Waals surface area contributed by atoms with Crippen LogP contribution in [0.5, 0.6) is 0 Å². The first-order valence-corrected chi connectivity index (χ1v) is 7.57. The highest BCUT2D eigenvalue weighted by Gasteiger charge is 2.06. The Morgan fingerprint density at radius 1 is 1.29 bits per heavy atom. The number of rotatable bonds is 3. The van der Waals surface area contributed by atoms with E-state index in [0.29, 0.717) is 21.2 Å². The lowest BCUT2D eigenvalue weighted by atomic mass is 10.1. The summed E-state index contributed by atoms with van der Waals surface area (Å²) in [6.07, 6.45) is 1.45. The van der Waals surface area contributed by atoms with E-state index >= 15 is 0 Å². The number of carbonyl (C=O) groups is 1. The minimum atomic E-state index is -0.301. The SMILES string of the molecule is Cc1ccc(C(=O)N/N=C/c2cccc(Cl)c2Cl)cc1Br. The fourth-order valence-corrected chi connectivity index (χ4v) is 2.31. The molecule has 2 aromatic carbocycles. The summed E-state index contributed by atoms with van der Waals surface area (Å²) < 4.78 is 0.872. The van der Waals surface area contributed by atoms with Gasteiger partial charge in [0, 0.05) is 15.6 Å². The predicted octanol–water partition coefficient (Wildman–Crippen LogP) is 4.83. The third-order valence-electron chi connectivity index (χ3n) is 2.79. The van der Waals surface area contributed by atoms with Crippen molar-refractivity contribution >= 4 is 51.3 Å². The summed E-state index contributed by atoms with van der Waals surface area (Å²) in [5, 5.41) is 4.73. The van der Waals surface area contributed by atoms with Crippen LogP contribution in [0.1, 0.15) is 21.5 Å². The van der Waals surface area contributed by atoms with Crippen molar-refractivity contribution < 1.29 is 4.79 Å². The number of hydrogen-bond acceptors (Lipinski definition) is 2. The van der Waals surface area contributed by atoms with E-state index in [-0.39, 0.29) is 5.91 Å². The predicted molar refractivity (Wildman–Crippen MR) is 90.4 cm³/mol. The lowest BCUT2D eigenvalue weighted by Crippen LogP contribution is -2.17. The molecule has 0 aliphatic rings. The van der Waals surface area contributed by atoms with Crippen molar-refractivity contribution in [3.05, 3.63) is 67.6 Å². The van der Waals surface area contributed by atoms with Crippen molar-refractivity contribution in [2.45, 2.75) is 6.92 Å². The van der Waals surface area contributed by atoms with Crippen LogP contribution in [0.2, 0.25) is 10.0 Å². The van der Waals surface area contributed by atoms with E-state index in [1.165, 1.54) is 6.21 Å². The van der Waals surface area contributed by atoms with Crippen LogP contribution < -0.4 is 5.43 Å². The zero-order chi connectivity index (χ0) is 15.4. The third kappa shape index (κ3) is 4.06. The molecule has 0 bridgehead atoms. The van der Waals surface area contributed by atoms with Crippen molar-refractivity contribution in [2.75, 3.05) is 0 Å². The first kappa shape index (κ1) is 16.0. The number of hydrogen-bond donors (Lipinski definition) is 1. The maximum atomic E-state index is 11.9. The van der Waals surface area contributed by atoms with Crippen LogP contribution in [0, 0.1) is 6.92 Å². The van der Waals surface area contributed by atoms with Gasteiger partial charge in [0.2, 0.25) is 0 Å². The minimum absolute atomic E-state index is 0.301. The monoisotopic (exact) mass is 384 g/mol. The van der Waals surface area contributed by atoms with Crippen molar-refractivity contribution in [1.82, 2.24) is 5.43 Å². The quantitative estimate of drug-likeness (QED) is 0.596. The van der Waals surface area contributed by atoms with Gasteiger partial charge in [0.25, 0.3) is 5.91 Å². The van der Waals surface area contributed by atoms with Crippen LogP contribution in [-0.4, -0.2) is 12.1 Å². The first-order valence-electron chi connectivity index (χ1n) is 6.02. The highest BCUT2D eigenvalue weighted by atomic mass is 79.9. The molecule has 0 spiro atoms. The molecule has 0 aliphatic heterocycles. The summed E-state index contributed by atoms with van der Waals surface area (Å²) in [5.41, 5.74) is 4.65. The smallest absolute Gasteiger partial charge is 0.267 e. The lowest BCUT2D eigenvalue weighted by molar-refractivity contribution is 0.0955. The maximum Gasteiger partial charge on any atom is 0.271 e. The second kappa shape index (κ2) is 7.07. The van der Waals surface area contributed by atoms with Gasteiger partial charge in [0.15, 0.2) is 0 Å². The van der Waals surface area contributed by atoms with E-state index in [9.17, 15) is 4.79 Å². The first-order chi connectivity index (χ1) is 9.99. The Morgan fingerprint density at radius 2 is 2.05 bits per heavy atom. The number of halogens is 3. The molecule has 21 heavy (non-hydrogen) atoms. The molecule has 1 amide bonds. The van der Waals surface area contributed by atoms with Gasteiger partial charge in [-0.2, -0.15) is 5.10 Å². The summed E-state index contributed by atoms with van der Waals surface area (Å²) in [4.78, 5) is 11.9. The number of nitrogens with one attached hydrogen (secondary N) is 1. The molecule has 1 N–H and O–H groups in total. The number of amides is 1. The Labute approximate surface area is 141 Å². The Balaban J connectivity index is 2.08. The van der Waals surface area contributed by atoms with Gasteiger partial charge in [-0.15, -0.1) is 0 Å². The summed E-state index contributed by atoms with van der Waals surface area (Å²) in [6.45, 7) is 1.95. The van der Waals surface area contributed by atoms with Crippen LogP contribution in [0.3, 0.4) is 0 Å². The van der Waals surface area contributed by atoms with Crippen LogP contribution in [-0.2, 0) is 0 Å². The van der Waals surface area contributed by atoms with E-state index in [1.54, 1.807) is 30.3 Å². The number of hydrazone groups is 1. The fourth-order valence-electron chi connectivity index (χ4n) is 1.58. The van der Waals surface area contributed by atoms with E-state index in [0.717, 1.165) is 10.0 Å². The topological polar surface area (TPSA) is 41.5 Å². The van der Waals surface area contributed by atoms with Gasteiger partial charge < -0.3 is 0 Å². The van der Waals surface area contributed by atoms with E-state index in [4.69, 9.17) is 23.2 Å². The van der Waals surface area contributed by atoms with Crippen molar-refractivity contribution in [3.8, 4) is 0 Å². The zero-order valence-electron chi connectivity index (χ0n) is 11.0. The molecule has 0 unspecified atom stereocenters. The molecule has 0 heterocycles. The molecular weight excluding hydrogens is 375 g/mol. The van der Waals surface area contributed by atoms with Crippen LogP contribution in [0.15, 0.2) is 46.0 Å². The highest BCUT2D eigenvalue weighted by molar-refractivity contribution is 9.10. The number of aryl methyl sites for hydroxylation is 1. The second-order valence-corrected chi connectivity index (χ2v) is 5.95. The minimum Gasteiger partial charge on any atom is -0.267 e. The van der Waals surface area contributed by atoms with Crippen LogP contribution in [0.25, 0.3) is 0 Å². The molecule has 108 valence electrons. The van der Waals surface area contributed by atoms with E-state index in [1.807, 2.05) is 13.0 Å². The molecule has 2 rings (SSSR count). The van der Waals surface area contributed by atoms with Gasteiger partial charge in [0.05, 0.1) is 16.3 Å². The van der Waals surface area contributed by atoms with Gasteiger partial charge in [-0.3, -0.25) is 4.79 Å². The molecule has 0 radical (unpaired) electrons. The lowest BCUT2D eigenvalue weighted by Gasteiger charge is -2.03. The summed E-state index contributed by atoms with van der Waals surface area (Å²) in [7, 11) is 0. The van der Waals surface area contributed by atoms with Gasteiger partial charge >= 0.3 is 0 Å². The normalized spacial score (nSPS) is 10.9. The molecule has 2 aromatic rings. The number of carbonyl (C=O) groups excluding carboxylic acids is 1. The van der Waals surface area contributed by atoms with Gasteiger partial charge in [-0.05, 0) is 30.7 Å². The van der Waals surface area contributed by atoms with E-state index in [2.05, 4.69) is 26.5 Å². The number of nitrogens with zero attached hydrogens (tertiary/aromatic N) is 1. The highest BCUT2D eigenvalue weighted by Crippen LogP contribution is 2.24. The Kier molecular flexibility index (Phi) is 5.39. The van der Waals surface area contributed by atoms with Crippen molar-refractivity contribution in [3.63, 3.8) is 0 Å². The fraction of sp³-hybridized carbons (Fsp3) is 0.0667. The van der Waals surface area contributed by atoms with E-state index < -0.39 is 0 Å². The molecular formula is C15H11BrCl2N2O. The molecule has 3 nitrogen and oxygen atoms in total. The standard InChI is InChI=1S/C15H11BrCl2N2O/c1-9-5-6-10(7-12(9)16)15(21)20-19-8-11-3-2-4-13(17)14(11)18/h2-8H,1H3,(H,20,21)/b19-8+. The summed E-state index contributed by atoms with van der Waals surface area (Å²) >= 11 is 15.3. The molecule has 0 atom stereocenters. The van der Waals surface area contributed by atoms with Crippen molar-refractivity contribution in [2.24, 2.45) is 5.10 Å². The summed E-state index contributed by atoms with van der Waals surface area (Å²) in [5.74, 6) is -0.301. The Hall–Kier alpha value is -1.36. The Bertz CT molecular complexity index is 717. The second-order valence-electron chi connectivity index (χ2n) is 4.31. The summed E-state index contributed by atoms with van der Waals surface area (Å²) in [6, 6.07) is 10.5. The average Bonchev–Trinajstić information content (AvgIpc) is 2.46. The van der Waals surface area contributed by atoms with Crippen LogP contribution >= 0.6 is 39.1 Å². The molecule has 0 aliphatic carbocycles. The third-order valence-corrected chi connectivity index (χ3v) is 4.47. The molecule has 0 saturated heterocycles. The molecule has 0 saturated carbocycles. The molecule has 0 aromatic heterocycles. The largest absolute Gasteiger partial charge is 0.271 e.